The van der Waals surface area contributed by atoms with Gasteiger partial charge in [-0.05, 0) is 38.1 Å². The van der Waals surface area contributed by atoms with E-state index in [1.54, 1.807) is 36.5 Å². The summed E-state index contributed by atoms with van der Waals surface area (Å²) in [4.78, 5) is 35.0. The summed E-state index contributed by atoms with van der Waals surface area (Å²) in [7, 11) is 1.79. The highest BCUT2D eigenvalue weighted by atomic mass is 32.2. The summed E-state index contributed by atoms with van der Waals surface area (Å²) >= 11 is 1.30. The first-order valence-corrected chi connectivity index (χ1v) is 11.9. The molecular formula is C25H23N7O2S. The van der Waals surface area contributed by atoms with Crippen molar-refractivity contribution < 1.29 is 4.79 Å². The number of hydrogen-bond donors (Lipinski definition) is 1. The highest BCUT2D eigenvalue weighted by molar-refractivity contribution is 8.00. The van der Waals surface area contributed by atoms with Gasteiger partial charge in [0.25, 0.3) is 5.56 Å². The monoisotopic (exact) mass is 485 g/mol. The van der Waals surface area contributed by atoms with Gasteiger partial charge in [0.05, 0.1) is 33.9 Å². The molecule has 2 aromatic carbocycles. The van der Waals surface area contributed by atoms with Gasteiger partial charge in [-0.1, -0.05) is 48.2 Å². The van der Waals surface area contributed by atoms with E-state index in [9.17, 15) is 9.59 Å². The fraction of sp³-hybridized carbons (Fsp3) is 0.160. The summed E-state index contributed by atoms with van der Waals surface area (Å²) in [6, 6.07) is 19.0. The predicted molar refractivity (Wildman–Crippen MR) is 136 cm³/mol. The van der Waals surface area contributed by atoms with Crippen LogP contribution in [0.1, 0.15) is 12.6 Å². The smallest absolute Gasteiger partial charge is 0.295 e. The molecule has 0 spiro atoms. The van der Waals surface area contributed by atoms with Gasteiger partial charge >= 0.3 is 0 Å². The molecule has 0 aliphatic carbocycles. The van der Waals surface area contributed by atoms with E-state index < -0.39 is 5.25 Å². The Morgan fingerprint density at radius 3 is 2.34 bits per heavy atom. The van der Waals surface area contributed by atoms with Gasteiger partial charge in [-0.3, -0.25) is 14.3 Å². The number of rotatable bonds is 6. The van der Waals surface area contributed by atoms with Gasteiger partial charge in [0.1, 0.15) is 17.0 Å². The summed E-state index contributed by atoms with van der Waals surface area (Å²) in [6.07, 6.45) is 3.17. The average molecular weight is 486 g/mol. The third-order valence-electron chi connectivity index (χ3n) is 5.79. The van der Waals surface area contributed by atoms with Gasteiger partial charge in [0.2, 0.25) is 5.91 Å². The number of nitrogens with zero attached hydrogens (tertiary/aromatic N) is 6. The average Bonchev–Trinajstić information content (AvgIpc) is 3.41. The highest BCUT2D eigenvalue weighted by Crippen LogP contribution is 2.29. The Morgan fingerprint density at radius 1 is 1.00 bits per heavy atom. The molecule has 9 nitrogen and oxygen atoms in total. The molecule has 5 aromatic rings. The summed E-state index contributed by atoms with van der Waals surface area (Å²) in [5.41, 5.74) is 2.92. The van der Waals surface area contributed by atoms with Crippen LogP contribution in [0.5, 0.6) is 0 Å². The van der Waals surface area contributed by atoms with Crippen molar-refractivity contribution in [2.75, 3.05) is 5.32 Å². The van der Waals surface area contributed by atoms with E-state index in [-0.39, 0.29) is 17.2 Å². The molecule has 0 aliphatic heterocycles. The van der Waals surface area contributed by atoms with Crippen molar-refractivity contribution >= 4 is 34.4 Å². The van der Waals surface area contributed by atoms with Crippen molar-refractivity contribution in [1.29, 1.82) is 0 Å². The number of carbonyl (C=O) groups is 1. The molecule has 0 bridgehead atoms. The number of benzene rings is 2. The third-order valence-corrected chi connectivity index (χ3v) is 6.91. The van der Waals surface area contributed by atoms with Gasteiger partial charge in [-0.25, -0.2) is 19.3 Å². The number of nitrogens with one attached hydrogen (secondary N) is 1. The standard InChI is InChI=1S/C25H23N7O2S/c1-16-21(25(34)32(30(16)3)19-12-8-5-9-13-19)29-23(33)17(2)35-24-20-14-28-31(22(20)26-15-27-24)18-10-6-4-7-11-18/h4-15,17H,1-3H3,(H,29,33)/t17-/m1/s1. The molecule has 176 valence electrons. The second kappa shape index (κ2) is 9.22. The number of fused-ring (bicyclic) bond motifs is 1. The van der Waals surface area contributed by atoms with E-state index >= 15 is 0 Å². The Morgan fingerprint density at radius 2 is 1.66 bits per heavy atom. The Labute approximate surface area is 205 Å². The van der Waals surface area contributed by atoms with Gasteiger partial charge < -0.3 is 5.32 Å². The van der Waals surface area contributed by atoms with Crippen molar-refractivity contribution in [1.82, 2.24) is 29.1 Å². The fourth-order valence-corrected chi connectivity index (χ4v) is 4.71. The Hall–Kier alpha value is -4.18. The highest BCUT2D eigenvalue weighted by Gasteiger charge is 2.23. The van der Waals surface area contributed by atoms with Crippen molar-refractivity contribution in [3.05, 3.63) is 89.2 Å². The molecule has 1 amide bonds. The first-order valence-electron chi connectivity index (χ1n) is 11.0. The Balaban J connectivity index is 1.39. The summed E-state index contributed by atoms with van der Waals surface area (Å²) in [6.45, 7) is 3.59. The van der Waals surface area contributed by atoms with Crippen LogP contribution in [0.4, 0.5) is 5.69 Å². The maximum Gasteiger partial charge on any atom is 0.295 e. The van der Waals surface area contributed by atoms with Crippen LogP contribution in [0.2, 0.25) is 0 Å². The van der Waals surface area contributed by atoms with E-state index in [1.807, 2.05) is 60.7 Å². The van der Waals surface area contributed by atoms with E-state index in [2.05, 4.69) is 20.4 Å². The molecule has 10 heteroatoms. The minimum atomic E-state index is -0.516. The van der Waals surface area contributed by atoms with Crippen LogP contribution >= 0.6 is 11.8 Å². The van der Waals surface area contributed by atoms with Crippen LogP contribution in [-0.4, -0.2) is 40.3 Å². The SMILES string of the molecule is Cc1c(NC(=O)[C@@H](C)Sc2ncnc3c2cnn3-c2ccccc2)c(=O)n(-c2ccccc2)n1C. The summed E-state index contributed by atoms with van der Waals surface area (Å²) in [5.74, 6) is -0.289. The van der Waals surface area contributed by atoms with Crippen LogP contribution in [0.25, 0.3) is 22.4 Å². The van der Waals surface area contributed by atoms with Gasteiger partial charge in [0.15, 0.2) is 5.65 Å². The van der Waals surface area contributed by atoms with Gasteiger partial charge in [-0.15, -0.1) is 0 Å². The van der Waals surface area contributed by atoms with Crippen LogP contribution < -0.4 is 10.9 Å². The lowest BCUT2D eigenvalue weighted by Crippen LogP contribution is -2.27. The van der Waals surface area contributed by atoms with Crippen LogP contribution in [0.15, 0.2) is 83.0 Å². The Bertz CT molecular complexity index is 1570. The summed E-state index contributed by atoms with van der Waals surface area (Å²) < 4.78 is 5.01. The van der Waals surface area contributed by atoms with Gasteiger partial charge in [-0.2, -0.15) is 5.10 Å². The molecule has 0 radical (unpaired) electrons. The topological polar surface area (TPSA) is 99.6 Å². The molecular weight excluding hydrogens is 462 g/mol. The quantitative estimate of drug-likeness (QED) is 0.291. The predicted octanol–water partition coefficient (Wildman–Crippen LogP) is 3.73. The van der Waals surface area contributed by atoms with E-state index in [1.165, 1.54) is 22.8 Å². The maximum atomic E-state index is 13.1. The Kier molecular flexibility index (Phi) is 5.96. The van der Waals surface area contributed by atoms with Crippen LogP contribution in [0, 0.1) is 6.92 Å². The molecule has 0 saturated heterocycles. The van der Waals surface area contributed by atoms with E-state index in [0.717, 1.165) is 16.8 Å². The molecule has 35 heavy (non-hydrogen) atoms. The minimum absolute atomic E-state index is 0.263. The lowest BCUT2D eigenvalue weighted by molar-refractivity contribution is -0.115. The lowest BCUT2D eigenvalue weighted by Gasteiger charge is -2.11. The van der Waals surface area contributed by atoms with Gasteiger partial charge in [0, 0.05) is 7.05 Å². The molecule has 1 N–H and O–H groups in total. The second-order valence-corrected chi connectivity index (χ2v) is 9.32. The first kappa shape index (κ1) is 22.6. The largest absolute Gasteiger partial charge is 0.319 e. The minimum Gasteiger partial charge on any atom is -0.319 e. The van der Waals surface area contributed by atoms with Crippen LogP contribution in [0.3, 0.4) is 0 Å². The zero-order valence-electron chi connectivity index (χ0n) is 19.4. The molecule has 0 fully saturated rings. The van der Waals surface area contributed by atoms with Crippen molar-refractivity contribution in [2.24, 2.45) is 7.05 Å². The molecule has 0 aliphatic rings. The normalized spacial score (nSPS) is 12.1. The lowest BCUT2D eigenvalue weighted by atomic mass is 10.3. The molecule has 0 unspecified atom stereocenters. The van der Waals surface area contributed by atoms with Crippen molar-refractivity contribution in [3.63, 3.8) is 0 Å². The van der Waals surface area contributed by atoms with E-state index in [4.69, 9.17) is 0 Å². The molecule has 3 aromatic heterocycles. The maximum absolute atomic E-state index is 13.1. The second-order valence-electron chi connectivity index (χ2n) is 7.99. The number of hydrogen-bond acceptors (Lipinski definition) is 6. The number of carbonyl (C=O) groups excluding carboxylic acids is 1. The molecule has 5 rings (SSSR count). The molecule has 3 heterocycles. The van der Waals surface area contributed by atoms with Crippen molar-refractivity contribution in [2.45, 2.75) is 24.1 Å². The number of anilines is 1. The number of para-hydroxylation sites is 2. The van der Waals surface area contributed by atoms with Crippen LogP contribution in [-0.2, 0) is 11.8 Å². The molecule has 0 saturated carbocycles. The zero-order chi connectivity index (χ0) is 24.5. The molecule has 1 atom stereocenters. The number of amides is 1. The first-order chi connectivity index (χ1) is 17.0. The van der Waals surface area contributed by atoms with E-state index in [0.29, 0.717) is 16.4 Å². The van der Waals surface area contributed by atoms with Crippen molar-refractivity contribution in [3.8, 4) is 11.4 Å². The zero-order valence-corrected chi connectivity index (χ0v) is 20.2. The number of thioether (sulfide) groups is 1. The fourth-order valence-electron chi connectivity index (χ4n) is 3.83. The number of aromatic nitrogens is 6. The summed E-state index contributed by atoms with van der Waals surface area (Å²) in [5, 5.41) is 8.18. The third kappa shape index (κ3) is 4.12.